The molecule has 0 aliphatic carbocycles. The van der Waals surface area contributed by atoms with Crippen LogP contribution in [0, 0.1) is 0 Å². The maximum Gasteiger partial charge on any atom is 0.413 e. The van der Waals surface area contributed by atoms with E-state index in [1.165, 1.54) is 6.92 Å². The number of aromatic amines is 3. The van der Waals surface area contributed by atoms with Crippen molar-refractivity contribution in [1.82, 2.24) is 84.9 Å². The molecule has 28 heteroatoms. The molecule has 2 aliphatic heterocycles. The number of H-pyrrole nitrogens is 3. The highest BCUT2D eigenvalue weighted by Crippen LogP contribution is 2.36. The van der Waals surface area contributed by atoms with Crippen molar-refractivity contribution in [1.29, 1.82) is 0 Å². The summed E-state index contributed by atoms with van der Waals surface area (Å²) in [4.78, 5) is 111. The number of aromatic nitrogens is 14. The van der Waals surface area contributed by atoms with Gasteiger partial charge < -0.3 is 39.2 Å². The third-order valence-electron chi connectivity index (χ3n) is 15.6. The summed E-state index contributed by atoms with van der Waals surface area (Å²) in [6.07, 6.45) is 13.1. The third-order valence-corrected chi connectivity index (χ3v) is 15.6. The second-order valence-corrected chi connectivity index (χ2v) is 22.4. The highest BCUT2D eigenvalue weighted by atomic mass is 16.6. The number of ketones is 1. The van der Waals surface area contributed by atoms with Crippen LogP contribution in [0.3, 0.4) is 0 Å². The van der Waals surface area contributed by atoms with E-state index in [1.807, 2.05) is 129 Å². The van der Waals surface area contributed by atoms with Crippen LogP contribution >= 0.6 is 0 Å². The van der Waals surface area contributed by atoms with Crippen LogP contribution in [0.4, 0.5) is 32.2 Å². The molecule has 0 radical (unpaired) electrons. The van der Waals surface area contributed by atoms with Gasteiger partial charge in [-0.05, 0) is 116 Å². The molecule has 0 bridgehead atoms. The number of imidazole rings is 3. The Bertz CT molecular complexity index is 4500. The van der Waals surface area contributed by atoms with Gasteiger partial charge in [-0.1, -0.05) is 24.3 Å². The van der Waals surface area contributed by atoms with Gasteiger partial charge in [0.25, 0.3) is 0 Å². The van der Waals surface area contributed by atoms with Crippen LogP contribution in [0.25, 0.3) is 100 Å². The summed E-state index contributed by atoms with van der Waals surface area (Å²) in [5, 5.41) is 10.7. The van der Waals surface area contributed by atoms with Crippen molar-refractivity contribution in [3.63, 3.8) is 0 Å². The van der Waals surface area contributed by atoms with E-state index in [4.69, 9.17) is 18.9 Å². The molecule has 98 heavy (non-hydrogen) atoms. The first-order chi connectivity index (χ1) is 47.9. The highest BCUT2D eigenvalue weighted by Gasteiger charge is 2.21. The summed E-state index contributed by atoms with van der Waals surface area (Å²) in [5.41, 5.74) is 14.8. The van der Waals surface area contributed by atoms with Gasteiger partial charge in [0.15, 0.2) is 5.78 Å². The minimum atomic E-state index is -0.583. The van der Waals surface area contributed by atoms with Gasteiger partial charge >= 0.3 is 18.2 Å². The molecule has 2 fully saturated rings. The lowest BCUT2D eigenvalue weighted by molar-refractivity contribution is 0.0330. The maximum atomic E-state index is 12.0. The fourth-order valence-corrected chi connectivity index (χ4v) is 10.9. The molecule has 7 N–H and O–H groups in total. The average Bonchev–Trinajstić information content (AvgIpc) is 1.58. The number of hydrogen-bond donors (Lipinski definition) is 7. The number of rotatable bonds is 17. The van der Waals surface area contributed by atoms with Crippen LogP contribution in [0.15, 0.2) is 153 Å². The van der Waals surface area contributed by atoms with Gasteiger partial charge in [-0.3, -0.25) is 50.5 Å². The summed E-state index contributed by atoms with van der Waals surface area (Å²) in [6.45, 7) is 15.8. The van der Waals surface area contributed by atoms with E-state index in [0.717, 1.165) is 153 Å². The molecule has 3 aromatic carbocycles. The standard InChI is InChI=1S/C24H26N8O2.C24H25N7O3.C22H19N5O3/c1-2-25-24(33)31-23-29-20-12-16(11-18(22(20)30-23)19-5-3-4-6-26-19)17-13-27-21(28-14-17)15-32-7-9-34-10-8-32;1-2-34-24(32)30-23-28-20-12-16(11-18(22(20)29-23)19-5-3-4-6-25-19)17-13-26-21(27-14-17)15-31-7-9-33-10-8-31;1-3-30-22(29)27-21-25-19-11-15(14-7-8-17(13(2)28)24-12-14)10-16(20(19)26-21)18-6-4-5-9-23-18/h3-6,11-14H,2,7-10,15H2,1H3,(H3,25,29,30,31,33);3-6,11-14H,2,7-10,15H2,1H3,(H2,28,29,30,32);4-12H,3H2,1-2H3,(H2,25,26,27,29). The maximum absolute atomic E-state index is 12.0. The SMILES string of the molecule is CCNC(=O)Nc1nc2c(-c3ccccn3)cc(-c3cnc(CN4CCOCC4)nc3)cc2[nH]1.CCOC(=O)Nc1nc2c(-c3ccccn3)cc(-c3ccc(C(C)=O)nc3)cc2[nH]1.CCOC(=O)Nc1nc2c(-c3ccccn3)cc(-c3cnc(CN4CCOCC4)nc3)cc2[nH]1. The Morgan fingerprint density at radius 1 is 0.459 bits per heavy atom. The Hall–Kier alpha value is -11.9. The van der Waals surface area contributed by atoms with E-state index in [-0.39, 0.29) is 31.0 Å². The average molecular weight is 1320 g/mol. The third kappa shape index (κ3) is 16.6. The van der Waals surface area contributed by atoms with Gasteiger partial charge in [-0.25, -0.2) is 49.3 Å². The van der Waals surface area contributed by atoms with Gasteiger partial charge in [-0.15, -0.1) is 0 Å². The number of pyridine rings is 4. The van der Waals surface area contributed by atoms with E-state index in [1.54, 1.807) is 44.7 Å². The predicted molar refractivity (Wildman–Crippen MR) is 369 cm³/mol. The highest BCUT2D eigenvalue weighted by molar-refractivity contribution is 6.01. The molecular weight excluding hydrogens is 1250 g/mol. The Balaban J connectivity index is 0.000000140. The molecule has 14 rings (SSSR count). The summed E-state index contributed by atoms with van der Waals surface area (Å²) >= 11 is 0. The number of amides is 4. The second-order valence-electron chi connectivity index (χ2n) is 22.4. The molecule has 0 unspecified atom stereocenters. The number of nitrogens with one attached hydrogen (secondary N) is 7. The Morgan fingerprint density at radius 3 is 1.19 bits per heavy atom. The summed E-state index contributed by atoms with van der Waals surface area (Å²) < 4.78 is 20.7. The fraction of sp³-hybridized carbons (Fsp3) is 0.243. The van der Waals surface area contributed by atoms with Crippen molar-refractivity contribution < 1.29 is 38.1 Å². The largest absolute Gasteiger partial charge is 0.450 e. The molecule has 498 valence electrons. The molecule has 28 nitrogen and oxygen atoms in total. The zero-order valence-corrected chi connectivity index (χ0v) is 54.2. The smallest absolute Gasteiger partial charge is 0.413 e. The second kappa shape index (κ2) is 31.6. The molecule has 11 heterocycles. The molecule has 0 saturated carbocycles. The molecular formula is C70H70N20O8. The quantitative estimate of drug-likeness (QED) is 0.0416. The van der Waals surface area contributed by atoms with Crippen LogP contribution in [0.1, 0.15) is 49.8 Å². The number of Topliss-reactive ketones (excluding diaryl/α,β-unsaturated/α-hetero) is 1. The number of urea groups is 1. The van der Waals surface area contributed by atoms with E-state index in [2.05, 4.69) is 101 Å². The van der Waals surface area contributed by atoms with Gasteiger partial charge in [0, 0.05) is 123 Å². The Kier molecular flexibility index (Phi) is 21.3. The summed E-state index contributed by atoms with van der Waals surface area (Å²) in [6, 6.07) is 32.2. The van der Waals surface area contributed by atoms with Gasteiger partial charge in [0.2, 0.25) is 17.8 Å². The van der Waals surface area contributed by atoms with Crippen molar-refractivity contribution in [2.75, 3.05) is 88.3 Å². The number of nitrogens with zero attached hydrogens (tertiary/aromatic N) is 13. The van der Waals surface area contributed by atoms with Gasteiger partial charge in [-0.2, -0.15) is 0 Å². The first-order valence-corrected chi connectivity index (χ1v) is 31.9. The Morgan fingerprint density at radius 2 is 0.847 bits per heavy atom. The van der Waals surface area contributed by atoms with Crippen molar-refractivity contribution in [3.05, 3.63) is 170 Å². The number of morpholine rings is 2. The first kappa shape index (κ1) is 66.2. The van der Waals surface area contributed by atoms with Crippen molar-refractivity contribution in [3.8, 4) is 67.2 Å². The number of fused-ring (bicyclic) bond motifs is 3. The lowest BCUT2D eigenvalue weighted by atomic mass is 10.0. The molecule has 0 atom stereocenters. The van der Waals surface area contributed by atoms with Crippen LogP contribution in [-0.2, 0) is 32.0 Å². The minimum Gasteiger partial charge on any atom is -0.450 e. The molecule has 4 amide bonds. The van der Waals surface area contributed by atoms with Crippen molar-refractivity contribution >= 4 is 74.9 Å². The van der Waals surface area contributed by atoms with E-state index >= 15 is 0 Å². The van der Waals surface area contributed by atoms with Crippen LogP contribution in [-0.4, -0.2) is 176 Å². The number of carbonyl (C=O) groups excluding carboxylic acids is 4. The monoisotopic (exact) mass is 1320 g/mol. The number of carbonyl (C=O) groups is 4. The summed E-state index contributed by atoms with van der Waals surface area (Å²) in [7, 11) is 0. The number of anilines is 3. The van der Waals surface area contributed by atoms with Gasteiger partial charge in [0.1, 0.15) is 17.3 Å². The molecule has 0 spiro atoms. The zero-order chi connectivity index (χ0) is 67.7. The Labute approximate surface area is 561 Å². The molecule has 2 aliphatic rings. The van der Waals surface area contributed by atoms with Crippen LogP contribution < -0.4 is 21.3 Å². The zero-order valence-electron chi connectivity index (χ0n) is 54.2. The number of benzene rings is 3. The van der Waals surface area contributed by atoms with Crippen LogP contribution in [0.2, 0.25) is 0 Å². The predicted octanol–water partition coefficient (Wildman–Crippen LogP) is 11.0. The van der Waals surface area contributed by atoms with E-state index in [9.17, 15) is 19.2 Å². The normalized spacial score (nSPS) is 13.2. The first-order valence-electron chi connectivity index (χ1n) is 31.9. The molecule has 2 saturated heterocycles. The lowest BCUT2D eigenvalue weighted by Gasteiger charge is -2.25. The van der Waals surface area contributed by atoms with Gasteiger partial charge in [0.05, 0.1) is 103 Å². The van der Waals surface area contributed by atoms with Crippen molar-refractivity contribution in [2.45, 2.75) is 40.8 Å². The molecule has 12 aromatic rings. The topological polar surface area (TPSA) is 349 Å². The van der Waals surface area contributed by atoms with Crippen LogP contribution in [0.5, 0.6) is 0 Å². The number of hydrogen-bond acceptors (Lipinski definition) is 21. The fourth-order valence-electron chi connectivity index (χ4n) is 10.9. The van der Waals surface area contributed by atoms with Crippen molar-refractivity contribution in [2.24, 2.45) is 0 Å². The van der Waals surface area contributed by atoms with E-state index < -0.39 is 12.2 Å². The molecule has 9 aromatic heterocycles. The van der Waals surface area contributed by atoms with E-state index in [0.29, 0.717) is 48.3 Å². The number of ether oxygens (including phenoxy) is 4. The minimum absolute atomic E-state index is 0.0885. The summed E-state index contributed by atoms with van der Waals surface area (Å²) in [5.74, 6) is 2.43. The lowest BCUT2D eigenvalue weighted by Crippen LogP contribution is -2.36.